The Labute approximate surface area is 130 Å². The first-order valence-corrected chi connectivity index (χ1v) is 7.23. The van der Waals surface area contributed by atoms with Gasteiger partial charge in [-0.05, 0) is 24.1 Å². The molecule has 2 aromatic rings. The van der Waals surface area contributed by atoms with E-state index < -0.39 is 11.7 Å². The second kappa shape index (κ2) is 6.02. The molecular weight excluding hydrogens is 309 g/mol. The van der Waals surface area contributed by atoms with E-state index in [0.717, 1.165) is 18.6 Å². The van der Waals surface area contributed by atoms with Crippen molar-refractivity contribution in [3.63, 3.8) is 0 Å². The van der Waals surface area contributed by atoms with Crippen LogP contribution in [0, 0.1) is 0 Å². The second-order valence-electron chi connectivity index (χ2n) is 5.50. The lowest BCUT2D eigenvalue weighted by atomic mass is 10.1. The van der Waals surface area contributed by atoms with Crippen molar-refractivity contribution in [3.8, 4) is 0 Å². The Morgan fingerprint density at radius 1 is 1.17 bits per heavy atom. The van der Waals surface area contributed by atoms with Gasteiger partial charge in [0.05, 0.1) is 30.4 Å². The van der Waals surface area contributed by atoms with Crippen LogP contribution in [0.1, 0.15) is 23.6 Å². The lowest BCUT2D eigenvalue weighted by Crippen LogP contribution is -2.30. The fraction of sp³-hybridized carbons (Fsp3) is 0.400. The van der Waals surface area contributed by atoms with E-state index in [1.165, 1.54) is 12.1 Å². The van der Waals surface area contributed by atoms with Gasteiger partial charge in [0.2, 0.25) is 5.91 Å². The molecule has 0 bridgehead atoms. The quantitative estimate of drug-likeness (QED) is 0.870. The first kappa shape index (κ1) is 15.5. The lowest BCUT2D eigenvalue weighted by molar-refractivity contribution is -0.137. The number of hydrogen-bond donors (Lipinski definition) is 0. The molecule has 0 saturated carbocycles. The lowest BCUT2D eigenvalue weighted by Gasteiger charge is -2.16. The van der Waals surface area contributed by atoms with Crippen molar-refractivity contribution in [2.75, 3.05) is 13.1 Å². The number of carbonyl (C=O) groups excluding carboxylic acids is 1. The Kier molecular flexibility index (Phi) is 4.06. The smallest absolute Gasteiger partial charge is 0.340 e. The van der Waals surface area contributed by atoms with Crippen molar-refractivity contribution in [1.82, 2.24) is 19.9 Å². The maximum Gasteiger partial charge on any atom is 0.416 e. The zero-order valence-electron chi connectivity index (χ0n) is 12.2. The van der Waals surface area contributed by atoms with Gasteiger partial charge in [-0.25, -0.2) is 0 Å². The van der Waals surface area contributed by atoms with Crippen LogP contribution in [-0.4, -0.2) is 38.9 Å². The molecule has 8 heteroatoms. The van der Waals surface area contributed by atoms with Gasteiger partial charge in [-0.2, -0.15) is 28.2 Å². The number of hydrogen-bond acceptors (Lipinski definition) is 3. The minimum Gasteiger partial charge on any atom is -0.340 e. The van der Waals surface area contributed by atoms with Crippen molar-refractivity contribution >= 4 is 5.91 Å². The summed E-state index contributed by atoms with van der Waals surface area (Å²) < 4.78 is 37.5. The van der Waals surface area contributed by atoms with Crippen molar-refractivity contribution in [2.45, 2.75) is 25.1 Å². The van der Waals surface area contributed by atoms with Crippen LogP contribution in [0.3, 0.4) is 0 Å². The van der Waals surface area contributed by atoms with E-state index in [1.54, 1.807) is 22.1 Å². The minimum absolute atomic E-state index is 0.0570. The van der Waals surface area contributed by atoms with Crippen LogP contribution in [0.5, 0.6) is 0 Å². The van der Waals surface area contributed by atoms with Crippen LogP contribution >= 0.6 is 0 Å². The number of benzene rings is 1. The van der Waals surface area contributed by atoms with E-state index in [4.69, 9.17) is 0 Å². The number of likely N-dealkylation sites (tertiary alicyclic amines) is 1. The highest BCUT2D eigenvalue weighted by Crippen LogP contribution is 2.29. The van der Waals surface area contributed by atoms with Crippen molar-refractivity contribution in [2.24, 2.45) is 0 Å². The van der Waals surface area contributed by atoms with Gasteiger partial charge in [-0.15, -0.1) is 0 Å². The number of rotatable bonds is 3. The molecule has 1 aromatic heterocycles. The third-order valence-electron chi connectivity index (χ3n) is 3.92. The van der Waals surface area contributed by atoms with E-state index >= 15 is 0 Å². The molecule has 122 valence electrons. The summed E-state index contributed by atoms with van der Waals surface area (Å²) in [6.07, 6.45) is -0.314. The highest BCUT2D eigenvalue weighted by molar-refractivity contribution is 5.79. The zero-order valence-corrected chi connectivity index (χ0v) is 12.2. The Bertz CT molecular complexity index is 667. The molecule has 1 amide bonds. The van der Waals surface area contributed by atoms with Crippen LogP contribution in [-0.2, 0) is 17.4 Å². The number of aromatic nitrogens is 3. The average molecular weight is 324 g/mol. The number of nitrogens with zero attached hydrogens (tertiary/aromatic N) is 4. The van der Waals surface area contributed by atoms with E-state index in [9.17, 15) is 18.0 Å². The highest BCUT2D eigenvalue weighted by Gasteiger charge is 2.31. The molecule has 0 aliphatic carbocycles. The molecule has 2 heterocycles. The van der Waals surface area contributed by atoms with Crippen molar-refractivity contribution < 1.29 is 18.0 Å². The average Bonchev–Trinajstić information content (AvgIpc) is 3.18. The molecule has 1 atom stereocenters. The van der Waals surface area contributed by atoms with E-state index in [1.807, 2.05) is 0 Å². The molecule has 23 heavy (non-hydrogen) atoms. The Morgan fingerprint density at radius 3 is 2.43 bits per heavy atom. The number of carbonyl (C=O) groups is 1. The van der Waals surface area contributed by atoms with Gasteiger partial charge in [0.15, 0.2) is 0 Å². The SMILES string of the molecule is O=C(Cc1ccc(C(F)(F)F)cc1)N1CCC(n2nccn2)C1. The topological polar surface area (TPSA) is 51.0 Å². The molecule has 1 aliphatic rings. The Morgan fingerprint density at radius 2 is 1.83 bits per heavy atom. The van der Waals surface area contributed by atoms with Gasteiger partial charge in [-0.3, -0.25) is 4.79 Å². The molecule has 0 radical (unpaired) electrons. The van der Waals surface area contributed by atoms with Crippen LogP contribution in [0.2, 0.25) is 0 Å². The van der Waals surface area contributed by atoms with E-state index in [2.05, 4.69) is 10.2 Å². The first-order valence-electron chi connectivity index (χ1n) is 7.23. The van der Waals surface area contributed by atoms with E-state index in [0.29, 0.717) is 18.7 Å². The predicted octanol–water partition coefficient (Wildman–Crippen LogP) is 2.31. The standard InChI is InChI=1S/C15H15F3N4O/c16-15(17,18)12-3-1-11(2-4-12)9-14(23)21-8-5-13(10-21)22-19-6-7-20-22/h1-4,6-7,13H,5,8-10H2. The summed E-state index contributed by atoms with van der Waals surface area (Å²) in [6, 6.07) is 4.76. The zero-order chi connectivity index (χ0) is 16.4. The Balaban J connectivity index is 1.59. The van der Waals surface area contributed by atoms with Gasteiger partial charge in [0.25, 0.3) is 0 Å². The normalized spacial score (nSPS) is 18.4. The number of alkyl halides is 3. The molecule has 1 fully saturated rings. The summed E-state index contributed by atoms with van der Waals surface area (Å²) in [7, 11) is 0. The van der Waals surface area contributed by atoms with Crippen LogP contribution in [0.4, 0.5) is 13.2 Å². The molecule has 5 nitrogen and oxygen atoms in total. The monoisotopic (exact) mass is 324 g/mol. The highest BCUT2D eigenvalue weighted by atomic mass is 19.4. The molecule has 1 saturated heterocycles. The molecule has 1 unspecified atom stereocenters. The maximum atomic E-state index is 12.5. The van der Waals surface area contributed by atoms with Crippen molar-refractivity contribution in [1.29, 1.82) is 0 Å². The second-order valence-corrected chi connectivity index (χ2v) is 5.50. The first-order chi connectivity index (χ1) is 10.9. The molecule has 1 aromatic carbocycles. The summed E-state index contributed by atoms with van der Waals surface area (Å²) in [5.41, 5.74) is -0.136. The summed E-state index contributed by atoms with van der Waals surface area (Å²) in [6.45, 7) is 1.12. The molecule has 0 spiro atoms. The Hall–Kier alpha value is -2.38. The minimum atomic E-state index is -4.36. The molecular formula is C15H15F3N4O. The molecule has 3 rings (SSSR count). The summed E-state index contributed by atoms with van der Waals surface area (Å²) in [4.78, 5) is 15.6. The van der Waals surface area contributed by atoms with Crippen LogP contribution < -0.4 is 0 Å². The van der Waals surface area contributed by atoms with Crippen LogP contribution in [0.25, 0.3) is 0 Å². The summed E-state index contributed by atoms with van der Waals surface area (Å²) in [5, 5.41) is 8.14. The predicted molar refractivity (Wildman–Crippen MR) is 75.4 cm³/mol. The fourth-order valence-corrected chi connectivity index (χ4v) is 2.67. The number of halogens is 3. The van der Waals surface area contributed by atoms with Gasteiger partial charge in [-0.1, -0.05) is 12.1 Å². The van der Waals surface area contributed by atoms with Crippen molar-refractivity contribution in [3.05, 3.63) is 47.8 Å². The van der Waals surface area contributed by atoms with Gasteiger partial charge < -0.3 is 4.90 Å². The molecule has 1 aliphatic heterocycles. The van der Waals surface area contributed by atoms with Gasteiger partial charge >= 0.3 is 6.18 Å². The fourth-order valence-electron chi connectivity index (χ4n) is 2.67. The van der Waals surface area contributed by atoms with E-state index in [-0.39, 0.29) is 18.4 Å². The number of amides is 1. The van der Waals surface area contributed by atoms with Crippen LogP contribution in [0.15, 0.2) is 36.7 Å². The third kappa shape index (κ3) is 3.52. The molecule has 0 N–H and O–H groups in total. The van der Waals surface area contributed by atoms with Gasteiger partial charge in [0, 0.05) is 13.1 Å². The van der Waals surface area contributed by atoms with Gasteiger partial charge in [0.1, 0.15) is 0 Å². The summed E-state index contributed by atoms with van der Waals surface area (Å²) >= 11 is 0. The largest absolute Gasteiger partial charge is 0.416 e. The maximum absolute atomic E-state index is 12.5. The third-order valence-corrected chi connectivity index (χ3v) is 3.92. The summed E-state index contributed by atoms with van der Waals surface area (Å²) in [5.74, 6) is -0.0978.